The van der Waals surface area contributed by atoms with E-state index >= 15 is 0 Å². The Morgan fingerprint density at radius 2 is 1.81 bits per heavy atom. The second kappa shape index (κ2) is 7.24. The number of rotatable bonds is 6. The fraction of sp³-hybridized carbons (Fsp3) is 0.211. The molecule has 8 heteroatoms. The third-order valence-corrected chi connectivity index (χ3v) is 7.54. The summed E-state index contributed by atoms with van der Waals surface area (Å²) in [6.07, 6.45) is 1.78. The first kappa shape index (κ1) is 18.4. The molecule has 0 radical (unpaired) electrons. The second-order valence-corrected chi connectivity index (χ2v) is 9.61. The van der Waals surface area contributed by atoms with Gasteiger partial charge in [-0.1, -0.05) is 41.9 Å². The summed E-state index contributed by atoms with van der Waals surface area (Å²) in [5, 5.41) is 4.17. The molecule has 5 nitrogen and oxygen atoms in total. The Bertz CT molecular complexity index is 1100. The molecule has 140 valence electrons. The fourth-order valence-electron chi connectivity index (χ4n) is 2.70. The first-order valence-electron chi connectivity index (χ1n) is 8.50. The maximum absolute atomic E-state index is 12.5. The molecule has 0 atom stereocenters. The molecule has 0 aliphatic heterocycles. The molecule has 0 spiro atoms. The van der Waals surface area contributed by atoms with Crippen LogP contribution in [0.4, 0.5) is 0 Å². The van der Waals surface area contributed by atoms with E-state index in [0.29, 0.717) is 16.4 Å². The van der Waals surface area contributed by atoms with Crippen LogP contribution in [0.15, 0.2) is 53.4 Å². The van der Waals surface area contributed by atoms with Gasteiger partial charge in [0.15, 0.2) is 0 Å². The molecular formula is C19H17ClN2O3S2. The Kier molecular flexibility index (Phi) is 4.94. The highest BCUT2D eigenvalue weighted by Gasteiger charge is 2.27. The van der Waals surface area contributed by atoms with Crippen LogP contribution in [-0.2, 0) is 16.6 Å². The lowest BCUT2D eigenvalue weighted by atomic mass is 10.2. The molecule has 0 saturated heterocycles. The van der Waals surface area contributed by atoms with E-state index in [-0.39, 0.29) is 16.8 Å². The molecule has 3 aromatic rings. The van der Waals surface area contributed by atoms with Crippen molar-refractivity contribution in [2.45, 2.75) is 30.3 Å². The van der Waals surface area contributed by atoms with Crippen molar-refractivity contribution in [1.29, 1.82) is 0 Å². The molecule has 2 aromatic carbocycles. The monoisotopic (exact) mass is 420 g/mol. The van der Waals surface area contributed by atoms with Crippen LogP contribution in [0.1, 0.15) is 28.1 Å². The van der Waals surface area contributed by atoms with Crippen LogP contribution in [-0.4, -0.2) is 20.4 Å². The summed E-state index contributed by atoms with van der Waals surface area (Å²) < 4.78 is 28.0. The Morgan fingerprint density at radius 1 is 1.11 bits per heavy atom. The SMILES string of the molecule is O=C(NCc1ccc(S(=O)(=O)NC2CC2)cc1)c1sc2ccccc2c1Cl. The molecule has 27 heavy (non-hydrogen) atoms. The van der Waals surface area contributed by atoms with Gasteiger partial charge in [-0.05, 0) is 36.6 Å². The van der Waals surface area contributed by atoms with Crippen LogP contribution >= 0.6 is 22.9 Å². The average Bonchev–Trinajstić information content (AvgIpc) is 3.41. The van der Waals surface area contributed by atoms with Crippen LogP contribution in [0.2, 0.25) is 5.02 Å². The van der Waals surface area contributed by atoms with E-state index in [1.54, 1.807) is 24.3 Å². The number of thiophene rings is 1. The normalized spacial score (nSPS) is 14.4. The van der Waals surface area contributed by atoms with Gasteiger partial charge in [0, 0.05) is 22.7 Å². The zero-order valence-electron chi connectivity index (χ0n) is 14.2. The van der Waals surface area contributed by atoms with Gasteiger partial charge >= 0.3 is 0 Å². The van der Waals surface area contributed by atoms with Crippen molar-refractivity contribution in [3.05, 3.63) is 64.0 Å². The van der Waals surface area contributed by atoms with Gasteiger partial charge in [-0.15, -0.1) is 11.3 Å². The van der Waals surface area contributed by atoms with Crippen molar-refractivity contribution >= 4 is 49.0 Å². The lowest BCUT2D eigenvalue weighted by molar-refractivity contribution is 0.0955. The smallest absolute Gasteiger partial charge is 0.263 e. The molecular weight excluding hydrogens is 404 g/mol. The molecule has 1 aliphatic carbocycles. The van der Waals surface area contributed by atoms with Crippen LogP contribution in [0.25, 0.3) is 10.1 Å². The van der Waals surface area contributed by atoms with Crippen LogP contribution in [0.3, 0.4) is 0 Å². The summed E-state index contributed by atoms with van der Waals surface area (Å²) in [7, 11) is -3.46. The van der Waals surface area contributed by atoms with Gasteiger partial charge in [0.1, 0.15) is 4.88 Å². The van der Waals surface area contributed by atoms with E-state index in [1.165, 1.54) is 11.3 Å². The molecule has 0 bridgehead atoms. The number of amides is 1. The number of benzene rings is 2. The lowest BCUT2D eigenvalue weighted by Crippen LogP contribution is -2.25. The van der Waals surface area contributed by atoms with Crippen molar-refractivity contribution in [3.63, 3.8) is 0 Å². The molecule has 2 N–H and O–H groups in total. The van der Waals surface area contributed by atoms with Crippen molar-refractivity contribution in [1.82, 2.24) is 10.0 Å². The number of halogens is 1. The number of carbonyl (C=O) groups excluding carboxylic acids is 1. The lowest BCUT2D eigenvalue weighted by Gasteiger charge is -2.08. The zero-order chi connectivity index (χ0) is 19.0. The summed E-state index contributed by atoms with van der Waals surface area (Å²) in [6, 6.07) is 14.2. The minimum Gasteiger partial charge on any atom is -0.347 e. The molecule has 1 heterocycles. The molecule has 1 aromatic heterocycles. The predicted molar refractivity (Wildman–Crippen MR) is 108 cm³/mol. The van der Waals surface area contributed by atoms with E-state index in [2.05, 4.69) is 10.0 Å². The van der Waals surface area contributed by atoms with Gasteiger partial charge in [0.05, 0.1) is 9.92 Å². The standard InChI is InChI=1S/C19H17ClN2O3S2/c20-17-15-3-1-2-4-16(15)26-18(17)19(23)21-11-12-5-9-14(10-6-12)27(24,25)22-13-7-8-13/h1-6,9-10,13,22H,7-8,11H2,(H,21,23). The number of hydrogen-bond donors (Lipinski definition) is 2. The fourth-order valence-corrected chi connectivity index (χ4v) is 5.44. The van der Waals surface area contributed by atoms with Gasteiger partial charge in [-0.2, -0.15) is 0 Å². The number of carbonyl (C=O) groups is 1. The minimum atomic E-state index is -3.46. The summed E-state index contributed by atoms with van der Waals surface area (Å²) >= 11 is 7.68. The first-order chi connectivity index (χ1) is 12.9. The Labute approximate surface area is 166 Å². The maximum Gasteiger partial charge on any atom is 0.263 e. The number of hydrogen-bond acceptors (Lipinski definition) is 4. The van der Waals surface area contributed by atoms with Crippen molar-refractivity contribution in [2.24, 2.45) is 0 Å². The topological polar surface area (TPSA) is 75.3 Å². The van der Waals surface area contributed by atoms with E-state index in [4.69, 9.17) is 11.6 Å². The quantitative estimate of drug-likeness (QED) is 0.634. The molecule has 1 aliphatic rings. The number of fused-ring (bicyclic) bond motifs is 1. The summed E-state index contributed by atoms with van der Waals surface area (Å²) in [6.45, 7) is 0.291. The van der Waals surface area contributed by atoms with Crippen molar-refractivity contribution < 1.29 is 13.2 Å². The highest BCUT2D eigenvalue weighted by atomic mass is 35.5. The zero-order valence-corrected chi connectivity index (χ0v) is 16.6. The highest BCUT2D eigenvalue weighted by Crippen LogP contribution is 2.35. The summed E-state index contributed by atoms with van der Waals surface area (Å²) in [4.78, 5) is 13.2. The van der Waals surface area contributed by atoms with E-state index < -0.39 is 10.0 Å². The highest BCUT2D eigenvalue weighted by molar-refractivity contribution is 7.89. The third-order valence-electron chi connectivity index (χ3n) is 4.33. The Hall–Kier alpha value is -1.93. The Balaban J connectivity index is 1.43. The van der Waals surface area contributed by atoms with Crippen LogP contribution in [0.5, 0.6) is 0 Å². The van der Waals surface area contributed by atoms with Crippen LogP contribution in [0, 0.1) is 0 Å². The van der Waals surface area contributed by atoms with E-state index in [1.807, 2.05) is 24.3 Å². The van der Waals surface area contributed by atoms with Crippen molar-refractivity contribution in [3.8, 4) is 0 Å². The largest absolute Gasteiger partial charge is 0.347 e. The summed E-state index contributed by atoms with van der Waals surface area (Å²) in [5.74, 6) is -0.242. The van der Waals surface area contributed by atoms with Crippen LogP contribution < -0.4 is 10.0 Å². The van der Waals surface area contributed by atoms with Gasteiger partial charge in [0.2, 0.25) is 10.0 Å². The van der Waals surface area contributed by atoms with E-state index in [0.717, 1.165) is 28.5 Å². The van der Waals surface area contributed by atoms with Gasteiger partial charge < -0.3 is 5.32 Å². The maximum atomic E-state index is 12.5. The molecule has 1 amide bonds. The number of nitrogens with one attached hydrogen (secondary N) is 2. The van der Waals surface area contributed by atoms with Gasteiger partial charge in [-0.3, -0.25) is 4.79 Å². The second-order valence-electron chi connectivity index (χ2n) is 6.46. The van der Waals surface area contributed by atoms with Gasteiger partial charge in [-0.25, -0.2) is 13.1 Å². The molecule has 0 unspecified atom stereocenters. The predicted octanol–water partition coefficient (Wildman–Crippen LogP) is 3.93. The molecule has 1 fully saturated rings. The average molecular weight is 421 g/mol. The Morgan fingerprint density at radius 3 is 2.48 bits per heavy atom. The van der Waals surface area contributed by atoms with E-state index in [9.17, 15) is 13.2 Å². The minimum absolute atomic E-state index is 0.0695. The molecule has 4 rings (SSSR count). The van der Waals surface area contributed by atoms with Crippen molar-refractivity contribution in [2.75, 3.05) is 0 Å². The third kappa shape index (κ3) is 4.01. The first-order valence-corrected chi connectivity index (χ1v) is 11.2. The van der Waals surface area contributed by atoms with Gasteiger partial charge in [0.25, 0.3) is 5.91 Å². The molecule has 1 saturated carbocycles. The number of sulfonamides is 1. The summed E-state index contributed by atoms with van der Waals surface area (Å²) in [5.41, 5.74) is 0.811.